The molecule has 0 aliphatic heterocycles. The number of hydrogen-bond acceptors (Lipinski definition) is 6. The highest BCUT2D eigenvalue weighted by atomic mass is 32.2. The minimum absolute atomic E-state index is 0.0384. The molecule has 0 spiro atoms. The maximum atomic E-state index is 13.1. The normalized spacial score (nSPS) is 12.1. The molecular formula is C22H28N4O4S2. The number of rotatable bonds is 10. The van der Waals surface area contributed by atoms with Crippen molar-refractivity contribution >= 4 is 25.5 Å². The van der Waals surface area contributed by atoms with Gasteiger partial charge in [-0.3, -0.25) is 0 Å². The second kappa shape index (κ2) is 9.85. The fourth-order valence-corrected chi connectivity index (χ4v) is 5.90. The summed E-state index contributed by atoms with van der Waals surface area (Å²) in [5.41, 5.74) is 1.38. The number of aryl methyl sites for hydroxylation is 2. The van der Waals surface area contributed by atoms with Gasteiger partial charge in [-0.25, -0.2) is 26.5 Å². The monoisotopic (exact) mass is 476 g/mol. The largest absolute Gasteiger partial charge is 0.375 e. The SMILES string of the molecule is CCN(C)c1ccc(S(=O)(=O)c2ccc(C)c(S(=O)(=O)NCCCn3ccnc3)c2)cc1. The molecule has 1 heterocycles. The van der Waals surface area contributed by atoms with Gasteiger partial charge in [-0.1, -0.05) is 6.07 Å². The van der Waals surface area contributed by atoms with Crippen molar-refractivity contribution in [1.29, 1.82) is 0 Å². The molecule has 0 amide bonds. The average molecular weight is 477 g/mol. The summed E-state index contributed by atoms with van der Waals surface area (Å²) in [7, 11) is -5.81. The highest BCUT2D eigenvalue weighted by Crippen LogP contribution is 2.27. The number of imidazole rings is 1. The quantitative estimate of drug-likeness (QED) is 0.452. The number of benzene rings is 2. The van der Waals surface area contributed by atoms with Gasteiger partial charge >= 0.3 is 0 Å². The van der Waals surface area contributed by atoms with E-state index in [1.807, 2.05) is 23.4 Å². The van der Waals surface area contributed by atoms with E-state index in [4.69, 9.17) is 0 Å². The number of anilines is 1. The van der Waals surface area contributed by atoms with Crippen molar-refractivity contribution < 1.29 is 16.8 Å². The van der Waals surface area contributed by atoms with Crippen LogP contribution >= 0.6 is 0 Å². The standard InChI is InChI=1S/C22H28N4O4S2/c1-4-25(3)19-7-10-20(11-8-19)31(27,28)21-9-6-18(2)22(16-21)32(29,30)24-12-5-14-26-15-13-23-17-26/h6-11,13,15-17,24H,4-5,12,14H2,1-3H3. The summed E-state index contributed by atoms with van der Waals surface area (Å²) in [5, 5.41) is 0. The molecule has 1 aromatic heterocycles. The summed E-state index contributed by atoms with van der Waals surface area (Å²) in [6.07, 6.45) is 5.71. The molecule has 0 saturated heterocycles. The highest BCUT2D eigenvalue weighted by molar-refractivity contribution is 7.91. The van der Waals surface area contributed by atoms with E-state index < -0.39 is 19.9 Å². The third kappa shape index (κ3) is 5.37. The van der Waals surface area contributed by atoms with Crippen LogP contribution in [-0.2, 0) is 26.4 Å². The van der Waals surface area contributed by atoms with Crippen molar-refractivity contribution in [1.82, 2.24) is 14.3 Å². The molecule has 0 radical (unpaired) electrons. The first-order valence-electron chi connectivity index (χ1n) is 10.3. The van der Waals surface area contributed by atoms with Gasteiger partial charge in [-0.2, -0.15) is 0 Å². The molecule has 10 heteroatoms. The predicted octanol–water partition coefficient (Wildman–Crippen LogP) is 2.85. The zero-order chi connectivity index (χ0) is 23.4. The minimum Gasteiger partial charge on any atom is -0.375 e. The Morgan fingerprint density at radius 3 is 2.34 bits per heavy atom. The van der Waals surface area contributed by atoms with Gasteiger partial charge in [0.25, 0.3) is 0 Å². The number of nitrogens with one attached hydrogen (secondary N) is 1. The lowest BCUT2D eigenvalue weighted by Crippen LogP contribution is -2.26. The van der Waals surface area contributed by atoms with Gasteiger partial charge in [-0.05, 0) is 62.2 Å². The Bertz CT molecular complexity index is 1250. The molecular weight excluding hydrogens is 448 g/mol. The van der Waals surface area contributed by atoms with Crippen LogP contribution in [0.15, 0.2) is 75.9 Å². The van der Waals surface area contributed by atoms with E-state index in [9.17, 15) is 16.8 Å². The summed E-state index contributed by atoms with van der Waals surface area (Å²) >= 11 is 0. The molecule has 8 nitrogen and oxygen atoms in total. The Hall–Kier alpha value is -2.69. The lowest BCUT2D eigenvalue weighted by molar-refractivity contribution is 0.569. The molecule has 3 aromatic rings. The van der Waals surface area contributed by atoms with E-state index in [0.29, 0.717) is 18.5 Å². The molecule has 0 bridgehead atoms. The van der Waals surface area contributed by atoms with Gasteiger partial charge in [0.05, 0.1) is 21.0 Å². The molecule has 0 saturated carbocycles. The number of sulfone groups is 1. The molecule has 3 rings (SSSR count). The summed E-state index contributed by atoms with van der Waals surface area (Å²) in [4.78, 5) is 5.96. The number of nitrogens with zero attached hydrogens (tertiary/aromatic N) is 3. The second-order valence-electron chi connectivity index (χ2n) is 7.49. The number of hydrogen-bond donors (Lipinski definition) is 1. The van der Waals surface area contributed by atoms with Crippen LogP contribution in [0.25, 0.3) is 0 Å². The predicted molar refractivity (Wildman–Crippen MR) is 124 cm³/mol. The minimum atomic E-state index is -3.86. The van der Waals surface area contributed by atoms with Gasteiger partial charge in [0, 0.05) is 44.8 Å². The highest BCUT2D eigenvalue weighted by Gasteiger charge is 2.23. The molecule has 2 aromatic carbocycles. The van der Waals surface area contributed by atoms with Crippen molar-refractivity contribution in [2.45, 2.75) is 41.5 Å². The van der Waals surface area contributed by atoms with Crippen LogP contribution in [0, 0.1) is 6.92 Å². The van der Waals surface area contributed by atoms with Crippen molar-refractivity contribution in [2.75, 3.05) is 25.0 Å². The fraction of sp³-hybridized carbons (Fsp3) is 0.318. The maximum Gasteiger partial charge on any atom is 0.240 e. The average Bonchev–Trinajstić information content (AvgIpc) is 3.30. The van der Waals surface area contributed by atoms with Crippen LogP contribution in [0.5, 0.6) is 0 Å². The number of aromatic nitrogens is 2. The Kier molecular flexibility index (Phi) is 7.37. The first-order chi connectivity index (χ1) is 15.1. The molecule has 172 valence electrons. The molecule has 1 N–H and O–H groups in total. The topological polar surface area (TPSA) is 101 Å². The van der Waals surface area contributed by atoms with E-state index in [1.54, 1.807) is 49.9 Å². The smallest absolute Gasteiger partial charge is 0.240 e. The number of sulfonamides is 1. The first kappa shape index (κ1) is 24.0. The maximum absolute atomic E-state index is 13.1. The summed E-state index contributed by atoms with van der Waals surface area (Å²) in [6, 6.07) is 10.8. The zero-order valence-corrected chi connectivity index (χ0v) is 20.0. The van der Waals surface area contributed by atoms with Crippen molar-refractivity contribution in [3.63, 3.8) is 0 Å². The fourth-order valence-electron chi connectivity index (χ4n) is 3.20. The Labute approximate surface area is 189 Å². The van der Waals surface area contributed by atoms with Gasteiger partial charge < -0.3 is 9.47 Å². The van der Waals surface area contributed by atoms with E-state index >= 15 is 0 Å². The Morgan fingerprint density at radius 1 is 1.03 bits per heavy atom. The molecule has 0 fully saturated rings. The summed E-state index contributed by atoms with van der Waals surface area (Å²) in [6.45, 7) is 5.29. The van der Waals surface area contributed by atoms with Gasteiger partial charge in [-0.15, -0.1) is 0 Å². The van der Waals surface area contributed by atoms with Gasteiger partial charge in [0.1, 0.15) is 0 Å². The van der Waals surface area contributed by atoms with E-state index in [0.717, 1.165) is 12.2 Å². The van der Waals surface area contributed by atoms with E-state index in [2.05, 4.69) is 9.71 Å². The van der Waals surface area contributed by atoms with Gasteiger partial charge in [0.15, 0.2) is 0 Å². The van der Waals surface area contributed by atoms with Gasteiger partial charge in [0.2, 0.25) is 19.9 Å². The summed E-state index contributed by atoms with van der Waals surface area (Å²) < 4.78 is 56.4. The lowest BCUT2D eigenvalue weighted by Gasteiger charge is -2.17. The Morgan fingerprint density at radius 2 is 1.72 bits per heavy atom. The molecule has 0 unspecified atom stereocenters. The third-order valence-corrected chi connectivity index (χ3v) is 8.64. The Balaban J connectivity index is 1.80. The van der Waals surface area contributed by atoms with E-state index in [1.165, 1.54) is 18.2 Å². The van der Waals surface area contributed by atoms with Crippen LogP contribution < -0.4 is 9.62 Å². The van der Waals surface area contributed by atoms with Crippen molar-refractivity contribution in [3.05, 3.63) is 66.7 Å². The van der Waals surface area contributed by atoms with Crippen molar-refractivity contribution in [2.24, 2.45) is 0 Å². The molecule has 32 heavy (non-hydrogen) atoms. The molecule has 0 atom stereocenters. The van der Waals surface area contributed by atoms with Crippen LogP contribution in [0.3, 0.4) is 0 Å². The molecule has 0 aliphatic carbocycles. The third-order valence-electron chi connectivity index (χ3n) is 5.27. The zero-order valence-electron chi connectivity index (χ0n) is 18.4. The lowest BCUT2D eigenvalue weighted by atomic mass is 10.2. The van der Waals surface area contributed by atoms with Crippen LogP contribution in [0.4, 0.5) is 5.69 Å². The van der Waals surface area contributed by atoms with Crippen LogP contribution in [-0.4, -0.2) is 46.5 Å². The summed E-state index contributed by atoms with van der Waals surface area (Å²) in [5.74, 6) is 0. The van der Waals surface area contributed by atoms with E-state index in [-0.39, 0.29) is 21.2 Å². The second-order valence-corrected chi connectivity index (χ2v) is 11.2. The van der Waals surface area contributed by atoms with Crippen LogP contribution in [0.1, 0.15) is 18.9 Å². The van der Waals surface area contributed by atoms with Crippen LogP contribution in [0.2, 0.25) is 0 Å². The first-order valence-corrected chi connectivity index (χ1v) is 13.2. The molecule has 0 aliphatic rings. The van der Waals surface area contributed by atoms with Crippen molar-refractivity contribution in [3.8, 4) is 0 Å².